The van der Waals surface area contributed by atoms with Gasteiger partial charge in [-0.1, -0.05) is 15.9 Å². The van der Waals surface area contributed by atoms with Crippen LogP contribution in [0.2, 0.25) is 0 Å². The number of benzene rings is 1. The lowest BCUT2D eigenvalue weighted by Crippen LogP contribution is -2.00. The Morgan fingerprint density at radius 2 is 1.75 bits per heavy atom. The Kier molecular flexibility index (Phi) is 7.44. The highest BCUT2D eigenvalue weighted by Crippen LogP contribution is 2.34. The Bertz CT molecular complexity index is 446. The SMILES string of the molecule is CCOc1cc(Br)c(CCCCC(=O)O)cc1OCC. The molecule has 0 amide bonds. The number of carboxylic acids is 1. The molecule has 0 aliphatic rings. The number of aryl methyl sites for hydroxylation is 1. The highest BCUT2D eigenvalue weighted by molar-refractivity contribution is 9.10. The van der Waals surface area contributed by atoms with E-state index in [4.69, 9.17) is 14.6 Å². The molecular formula is C15H21BrO4. The van der Waals surface area contributed by atoms with E-state index < -0.39 is 5.97 Å². The summed E-state index contributed by atoms with van der Waals surface area (Å²) in [6.07, 6.45) is 2.55. The van der Waals surface area contributed by atoms with Gasteiger partial charge >= 0.3 is 5.97 Å². The molecule has 1 rings (SSSR count). The van der Waals surface area contributed by atoms with E-state index in [1.54, 1.807) is 0 Å². The zero-order chi connectivity index (χ0) is 15.0. The Labute approximate surface area is 128 Å². The first-order chi connectivity index (χ1) is 9.58. The van der Waals surface area contributed by atoms with Gasteiger partial charge in [0.05, 0.1) is 13.2 Å². The number of halogens is 1. The molecule has 112 valence electrons. The number of ether oxygens (including phenoxy) is 2. The summed E-state index contributed by atoms with van der Waals surface area (Å²) in [5.74, 6) is 0.729. The van der Waals surface area contributed by atoms with E-state index in [1.165, 1.54) is 0 Å². The zero-order valence-corrected chi connectivity index (χ0v) is 13.5. The minimum Gasteiger partial charge on any atom is -0.490 e. The monoisotopic (exact) mass is 344 g/mol. The maximum Gasteiger partial charge on any atom is 0.303 e. The van der Waals surface area contributed by atoms with E-state index in [-0.39, 0.29) is 6.42 Å². The Balaban J connectivity index is 2.75. The molecule has 0 saturated carbocycles. The van der Waals surface area contributed by atoms with Gasteiger partial charge in [-0.25, -0.2) is 0 Å². The van der Waals surface area contributed by atoms with Gasteiger partial charge in [-0.3, -0.25) is 4.79 Å². The third kappa shape index (κ3) is 5.41. The lowest BCUT2D eigenvalue weighted by Gasteiger charge is -2.14. The minimum absolute atomic E-state index is 0.215. The van der Waals surface area contributed by atoms with Crippen molar-refractivity contribution in [3.63, 3.8) is 0 Å². The van der Waals surface area contributed by atoms with Crippen LogP contribution in [-0.4, -0.2) is 24.3 Å². The van der Waals surface area contributed by atoms with Gasteiger partial charge in [0, 0.05) is 10.9 Å². The summed E-state index contributed by atoms with van der Waals surface area (Å²) in [6, 6.07) is 3.89. The standard InChI is InChI=1S/C15H21BrO4/c1-3-19-13-9-11(7-5-6-8-15(17)18)12(16)10-14(13)20-4-2/h9-10H,3-8H2,1-2H3,(H,17,18). The maximum atomic E-state index is 10.5. The van der Waals surface area contributed by atoms with Gasteiger partial charge in [0.25, 0.3) is 0 Å². The predicted octanol–water partition coefficient (Wildman–Crippen LogP) is 4.04. The van der Waals surface area contributed by atoms with Crippen LogP contribution in [0.15, 0.2) is 16.6 Å². The molecule has 0 unspecified atom stereocenters. The largest absolute Gasteiger partial charge is 0.490 e. The van der Waals surface area contributed by atoms with Gasteiger partial charge < -0.3 is 14.6 Å². The number of hydrogen-bond acceptors (Lipinski definition) is 3. The van der Waals surface area contributed by atoms with Crippen LogP contribution in [0, 0.1) is 0 Å². The number of carboxylic acid groups (broad SMARTS) is 1. The summed E-state index contributed by atoms with van der Waals surface area (Å²) in [5.41, 5.74) is 1.11. The minimum atomic E-state index is -0.745. The van der Waals surface area contributed by atoms with Gasteiger partial charge in [0.1, 0.15) is 0 Å². The van der Waals surface area contributed by atoms with Gasteiger partial charge in [-0.05, 0) is 50.8 Å². The molecule has 0 fully saturated rings. The van der Waals surface area contributed by atoms with E-state index >= 15 is 0 Å². The number of hydrogen-bond donors (Lipinski definition) is 1. The molecule has 5 heteroatoms. The Morgan fingerprint density at radius 1 is 1.15 bits per heavy atom. The average Bonchev–Trinajstić information content (AvgIpc) is 2.39. The fraction of sp³-hybridized carbons (Fsp3) is 0.533. The quantitative estimate of drug-likeness (QED) is 0.686. The van der Waals surface area contributed by atoms with Gasteiger partial charge in [0.2, 0.25) is 0 Å². The normalized spacial score (nSPS) is 10.3. The van der Waals surface area contributed by atoms with Crippen molar-refractivity contribution in [2.24, 2.45) is 0 Å². The fourth-order valence-corrected chi connectivity index (χ4v) is 2.42. The maximum absolute atomic E-state index is 10.5. The molecule has 4 nitrogen and oxygen atoms in total. The predicted molar refractivity (Wildman–Crippen MR) is 81.7 cm³/mol. The highest BCUT2D eigenvalue weighted by Gasteiger charge is 2.10. The summed E-state index contributed by atoms with van der Waals surface area (Å²) in [6.45, 7) is 5.04. The second-order valence-electron chi connectivity index (χ2n) is 4.36. The van der Waals surface area contributed by atoms with Gasteiger partial charge in [0.15, 0.2) is 11.5 Å². The van der Waals surface area contributed by atoms with Crippen molar-refractivity contribution in [2.75, 3.05) is 13.2 Å². The molecular weight excluding hydrogens is 324 g/mol. The van der Waals surface area contributed by atoms with E-state index in [0.29, 0.717) is 19.6 Å². The fourth-order valence-electron chi connectivity index (χ4n) is 1.90. The van der Waals surface area contributed by atoms with Crippen molar-refractivity contribution < 1.29 is 19.4 Å². The topological polar surface area (TPSA) is 55.8 Å². The van der Waals surface area contributed by atoms with Gasteiger partial charge in [-0.2, -0.15) is 0 Å². The smallest absolute Gasteiger partial charge is 0.303 e. The molecule has 0 radical (unpaired) electrons. The lowest BCUT2D eigenvalue weighted by molar-refractivity contribution is -0.137. The van der Waals surface area contributed by atoms with Crippen LogP contribution in [-0.2, 0) is 11.2 Å². The van der Waals surface area contributed by atoms with Crippen LogP contribution in [0.1, 0.15) is 38.7 Å². The van der Waals surface area contributed by atoms with Crippen molar-refractivity contribution in [1.82, 2.24) is 0 Å². The first kappa shape index (κ1) is 16.8. The summed E-state index contributed by atoms with van der Waals surface area (Å²) in [7, 11) is 0. The van der Waals surface area contributed by atoms with Crippen LogP contribution in [0.3, 0.4) is 0 Å². The van der Waals surface area contributed by atoms with Crippen LogP contribution in [0.25, 0.3) is 0 Å². The Morgan fingerprint density at radius 3 is 2.30 bits per heavy atom. The molecule has 0 aliphatic carbocycles. The third-order valence-electron chi connectivity index (χ3n) is 2.80. The molecule has 0 saturated heterocycles. The van der Waals surface area contributed by atoms with E-state index in [0.717, 1.165) is 34.4 Å². The van der Waals surface area contributed by atoms with Crippen molar-refractivity contribution in [1.29, 1.82) is 0 Å². The second-order valence-corrected chi connectivity index (χ2v) is 5.21. The van der Waals surface area contributed by atoms with Crippen LogP contribution >= 0.6 is 15.9 Å². The van der Waals surface area contributed by atoms with Crippen LogP contribution < -0.4 is 9.47 Å². The van der Waals surface area contributed by atoms with Crippen LogP contribution in [0.5, 0.6) is 11.5 Å². The van der Waals surface area contributed by atoms with E-state index in [2.05, 4.69) is 15.9 Å². The second kappa shape index (κ2) is 8.84. The van der Waals surface area contributed by atoms with Crippen LogP contribution in [0.4, 0.5) is 0 Å². The number of carbonyl (C=O) groups is 1. The summed E-state index contributed by atoms with van der Waals surface area (Å²) in [4.78, 5) is 10.5. The third-order valence-corrected chi connectivity index (χ3v) is 3.54. The Hall–Kier alpha value is -1.23. The summed E-state index contributed by atoms with van der Waals surface area (Å²) in [5, 5.41) is 8.63. The summed E-state index contributed by atoms with van der Waals surface area (Å²) >= 11 is 3.53. The highest BCUT2D eigenvalue weighted by atomic mass is 79.9. The molecule has 1 aromatic carbocycles. The zero-order valence-electron chi connectivity index (χ0n) is 11.9. The molecule has 0 aliphatic heterocycles. The number of unbranched alkanes of at least 4 members (excludes halogenated alkanes) is 1. The molecule has 20 heavy (non-hydrogen) atoms. The van der Waals surface area contributed by atoms with Crippen molar-refractivity contribution >= 4 is 21.9 Å². The number of aliphatic carboxylic acids is 1. The first-order valence-corrected chi connectivity index (χ1v) is 7.67. The van der Waals surface area contributed by atoms with Crippen molar-refractivity contribution in [3.05, 3.63) is 22.2 Å². The molecule has 0 spiro atoms. The first-order valence-electron chi connectivity index (χ1n) is 6.88. The van der Waals surface area contributed by atoms with Gasteiger partial charge in [-0.15, -0.1) is 0 Å². The van der Waals surface area contributed by atoms with E-state index in [1.807, 2.05) is 26.0 Å². The molecule has 0 aromatic heterocycles. The lowest BCUT2D eigenvalue weighted by atomic mass is 10.1. The molecule has 0 bridgehead atoms. The summed E-state index contributed by atoms with van der Waals surface area (Å²) < 4.78 is 12.1. The van der Waals surface area contributed by atoms with E-state index in [9.17, 15) is 4.79 Å². The molecule has 1 N–H and O–H groups in total. The van der Waals surface area contributed by atoms with Crippen molar-refractivity contribution in [3.8, 4) is 11.5 Å². The molecule has 0 atom stereocenters. The average molecular weight is 345 g/mol. The van der Waals surface area contributed by atoms with Crippen molar-refractivity contribution in [2.45, 2.75) is 39.5 Å². The number of rotatable bonds is 9. The molecule has 1 aromatic rings. The molecule has 0 heterocycles.